The number of fused-ring (bicyclic) bond motifs is 2. The zero-order chi connectivity index (χ0) is 23.7. The average Bonchev–Trinajstić information content (AvgIpc) is 3.40. The van der Waals surface area contributed by atoms with Gasteiger partial charge in [-0.1, -0.05) is 42.8 Å². The summed E-state index contributed by atoms with van der Waals surface area (Å²) in [5.41, 5.74) is 5.14. The van der Waals surface area contributed by atoms with E-state index >= 15 is 0 Å². The summed E-state index contributed by atoms with van der Waals surface area (Å²) in [5.74, 6) is -0.263. The van der Waals surface area contributed by atoms with E-state index in [1.165, 1.54) is 23.3 Å². The summed E-state index contributed by atoms with van der Waals surface area (Å²) in [4.78, 5) is 15.6. The molecule has 0 aliphatic heterocycles. The fourth-order valence-electron chi connectivity index (χ4n) is 5.61. The molecule has 0 bridgehead atoms. The summed E-state index contributed by atoms with van der Waals surface area (Å²) < 4.78 is 15.2. The van der Waals surface area contributed by atoms with E-state index in [-0.39, 0.29) is 29.7 Å². The first kappa shape index (κ1) is 22.5. The van der Waals surface area contributed by atoms with Crippen molar-refractivity contribution in [3.05, 3.63) is 89.0 Å². The molecule has 1 saturated carbocycles. The number of allylic oxidation sites excluding steroid dienone is 1. The number of hydrogen-bond donors (Lipinski definition) is 1. The molecular formula is C28H30FN3O2. The van der Waals surface area contributed by atoms with Crippen molar-refractivity contribution < 1.29 is 14.3 Å². The Kier molecular flexibility index (Phi) is 6.09. The van der Waals surface area contributed by atoms with Crippen LogP contribution in [0.1, 0.15) is 36.6 Å². The highest BCUT2D eigenvalue weighted by Gasteiger charge is 2.49. The second kappa shape index (κ2) is 9.18. The molecule has 3 aromatic rings. The van der Waals surface area contributed by atoms with E-state index in [9.17, 15) is 14.3 Å². The Bertz CT molecular complexity index is 1200. The van der Waals surface area contributed by atoms with Crippen molar-refractivity contribution in [1.29, 1.82) is 0 Å². The van der Waals surface area contributed by atoms with E-state index in [1.54, 1.807) is 12.1 Å². The second-order valence-corrected chi connectivity index (χ2v) is 9.58. The molecule has 176 valence electrons. The lowest BCUT2D eigenvalue weighted by Gasteiger charge is -2.37. The van der Waals surface area contributed by atoms with Gasteiger partial charge in [0.15, 0.2) is 0 Å². The number of hydrogen-bond acceptors (Lipinski definition) is 3. The molecule has 0 spiro atoms. The molecule has 34 heavy (non-hydrogen) atoms. The van der Waals surface area contributed by atoms with Crippen molar-refractivity contribution in [1.82, 2.24) is 14.7 Å². The molecule has 2 atom stereocenters. The van der Waals surface area contributed by atoms with Gasteiger partial charge in [-0.3, -0.25) is 4.79 Å². The minimum atomic E-state index is -0.271. The summed E-state index contributed by atoms with van der Waals surface area (Å²) in [7, 11) is 0. The Hall–Kier alpha value is -3.25. The van der Waals surface area contributed by atoms with Crippen molar-refractivity contribution >= 4 is 12.0 Å². The number of amides is 1. The molecule has 5 nitrogen and oxygen atoms in total. The molecule has 5 rings (SSSR count). The van der Waals surface area contributed by atoms with E-state index in [0.717, 1.165) is 42.6 Å². The van der Waals surface area contributed by atoms with Gasteiger partial charge >= 0.3 is 0 Å². The monoisotopic (exact) mass is 459 g/mol. The van der Waals surface area contributed by atoms with Crippen LogP contribution in [0.2, 0.25) is 0 Å². The molecule has 6 heteroatoms. The molecule has 2 aliphatic rings. The van der Waals surface area contributed by atoms with E-state index in [1.807, 2.05) is 34.0 Å². The predicted octanol–water partition coefficient (Wildman–Crippen LogP) is 4.43. The molecular weight excluding hydrogens is 429 g/mol. The van der Waals surface area contributed by atoms with Crippen LogP contribution in [-0.2, 0) is 17.6 Å². The van der Waals surface area contributed by atoms with Crippen LogP contribution in [-0.4, -0.2) is 45.4 Å². The standard InChI is InChI=1S/C28H30FN3O2/c1-28-18-21-19-30-32(24-10-8-23(29)9-11-24)26(21)17-22(28)7-12-25(28)27(34)31(15-16-33)14-13-20-5-3-2-4-6-20/h2-6,8-11,17,19,25,33H,7,12-16,18H2,1H3/t25-,28+/m1/s1. The Balaban J connectivity index is 1.38. The minimum absolute atomic E-state index is 0.0404. The minimum Gasteiger partial charge on any atom is -0.395 e. The molecule has 1 N–H and O–H groups in total. The fourth-order valence-corrected chi connectivity index (χ4v) is 5.61. The number of rotatable bonds is 7. The summed E-state index contributed by atoms with van der Waals surface area (Å²) in [5, 5.41) is 14.2. The Morgan fingerprint density at radius 2 is 1.94 bits per heavy atom. The highest BCUT2D eigenvalue weighted by Crippen LogP contribution is 2.53. The molecule has 1 fully saturated rings. The first-order valence-corrected chi connectivity index (χ1v) is 12.0. The first-order valence-electron chi connectivity index (χ1n) is 12.0. The molecule has 2 aliphatic carbocycles. The number of halogens is 1. The Morgan fingerprint density at radius 3 is 2.68 bits per heavy atom. The van der Waals surface area contributed by atoms with E-state index in [2.05, 4.69) is 30.2 Å². The normalized spacial score (nSPS) is 21.0. The lowest BCUT2D eigenvalue weighted by molar-refractivity contribution is -0.138. The number of carbonyl (C=O) groups excluding carboxylic acids is 1. The third kappa shape index (κ3) is 4.07. The number of aromatic nitrogens is 2. The van der Waals surface area contributed by atoms with Crippen molar-refractivity contribution in [2.24, 2.45) is 11.3 Å². The SMILES string of the molecule is C[C@]12Cc3cnn(-c4ccc(F)cc4)c3C=C1CC[C@@H]2C(=O)N(CCO)CCc1ccccc1. The van der Waals surface area contributed by atoms with Gasteiger partial charge in [-0.05, 0) is 67.2 Å². The lowest BCUT2D eigenvalue weighted by Crippen LogP contribution is -2.44. The van der Waals surface area contributed by atoms with Crippen LogP contribution < -0.4 is 0 Å². The maximum Gasteiger partial charge on any atom is 0.226 e. The largest absolute Gasteiger partial charge is 0.395 e. The van der Waals surface area contributed by atoms with Crippen molar-refractivity contribution in [3.63, 3.8) is 0 Å². The van der Waals surface area contributed by atoms with Crippen molar-refractivity contribution in [3.8, 4) is 5.69 Å². The summed E-state index contributed by atoms with van der Waals surface area (Å²) in [6.07, 6.45) is 7.25. The molecule has 2 aromatic carbocycles. The fraction of sp³-hybridized carbons (Fsp3) is 0.357. The number of benzene rings is 2. The van der Waals surface area contributed by atoms with Gasteiger partial charge in [-0.2, -0.15) is 5.10 Å². The first-order chi connectivity index (χ1) is 16.5. The number of carbonyl (C=O) groups is 1. The summed E-state index contributed by atoms with van der Waals surface area (Å²) >= 11 is 0. The predicted molar refractivity (Wildman–Crippen MR) is 130 cm³/mol. The molecule has 0 radical (unpaired) electrons. The maximum atomic E-state index is 13.7. The van der Waals surface area contributed by atoms with Gasteiger partial charge in [0, 0.05) is 24.4 Å². The molecule has 0 saturated heterocycles. The third-order valence-electron chi connectivity index (χ3n) is 7.52. The third-order valence-corrected chi connectivity index (χ3v) is 7.52. The Labute approximate surface area is 199 Å². The number of nitrogens with zero attached hydrogens (tertiary/aromatic N) is 3. The van der Waals surface area contributed by atoms with Gasteiger partial charge in [0.05, 0.1) is 24.2 Å². The molecule has 1 heterocycles. The second-order valence-electron chi connectivity index (χ2n) is 9.58. The van der Waals surface area contributed by atoms with E-state index in [4.69, 9.17) is 0 Å². The van der Waals surface area contributed by atoms with Crippen LogP contribution in [0.25, 0.3) is 11.8 Å². The molecule has 1 aromatic heterocycles. The number of aliphatic hydroxyl groups excluding tert-OH is 1. The summed E-state index contributed by atoms with van der Waals surface area (Å²) in [6, 6.07) is 16.5. The van der Waals surface area contributed by atoms with Crippen LogP contribution in [0, 0.1) is 17.2 Å². The van der Waals surface area contributed by atoms with Gasteiger partial charge < -0.3 is 10.0 Å². The Morgan fingerprint density at radius 1 is 1.18 bits per heavy atom. The van der Waals surface area contributed by atoms with Gasteiger partial charge in [0.25, 0.3) is 0 Å². The van der Waals surface area contributed by atoms with Gasteiger partial charge in [-0.25, -0.2) is 9.07 Å². The smallest absolute Gasteiger partial charge is 0.226 e. The summed E-state index contributed by atoms with van der Waals surface area (Å²) in [6.45, 7) is 3.11. The van der Waals surface area contributed by atoms with Crippen LogP contribution in [0.4, 0.5) is 4.39 Å². The average molecular weight is 460 g/mol. The highest BCUT2D eigenvalue weighted by molar-refractivity contribution is 5.82. The quantitative estimate of drug-likeness (QED) is 0.569. The zero-order valence-corrected chi connectivity index (χ0v) is 19.5. The van der Waals surface area contributed by atoms with Crippen LogP contribution >= 0.6 is 0 Å². The molecule has 0 unspecified atom stereocenters. The zero-order valence-electron chi connectivity index (χ0n) is 19.5. The molecule has 1 amide bonds. The number of aliphatic hydroxyl groups is 1. The van der Waals surface area contributed by atoms with Crippen LogP contribution in [0.5, 0.6) is 0 Å². The topological polar surface area (TPSA) is 58.4 Å². The van der Waals surface area contributed by atoms with Crippen molar-refractivity contribution in [2.75, 3.05) is 19.7 Å². The maximum absolute atomic E-state index is 13.7. The van der Waals surface area contributed by atoms with Crippen LogP contribution in [0.3, 0.4) is 0 Å². The van der Waals surface area contributed by atoms with Crippen LogP contribution in [0.15, 0.2) is 66.4 Å². The van der Waals surface area contributed by atoms with E-state index in [0.29, 0.717) is 13.1 Å². The van der Waals surface area contributed by atoms with Gasteiger partial charge in [0.2, 0.25) is 5.91 Å². The van der Waals surface area contributed by atoms with E-state index < -0.39 is 0 Å². The van der Waals surface area contributed by atoms with Crippen molar-refractivity contribution in [2.45, 2.75) is 32.6 Å². The van der Waals surface area contributed by atoms with Gasteiger partial charge in [-0.15, -0.1) is 0 Å². The lowest BCUT2D eigenvalue weighted by atomic mass is 9.69. The highest BCUT2D eigenvalue weighted by atomic mass is 19.1. The van der Waals surface area contributed by atoms with Gasteiger partial charge in [0.1, 0.15) is 5.82 Å².